The normalized spacial score (nSPS) is 14.5. The van der Waals surface area contributed by atoms with Gasteiger partial charge in [0, 0.05) is 24.2 Å². The summed E-state index contributed by atoms with van der Waals surface area (Å²) in [6.45, 7) is 0.693. The number of amides is 1. The van der Waals surface area contributed by atoms with E-state index in [2.05, 4.69) is 0 Å². The molecule has 0 aromatic heterocycles. The highest BCUT2D eigenvalue weighted by atomic mass is 35.5. The molecule has 3 rings (SSSR count). The van der Waals surface area contributed by atoms with Crippen LogP contribution in [0.1, 0.15) is 28.8 Å². The van der Waals surface area contributed by atoms with Crippen molar-refractivity contribution in [1.82, 2.24) is 0 Å². The molecule has 4 nitrogen and oxygen atoms in total. The van der Waals surface area contributed by atoms with E-state index in [0.717, 1.165) is 17.7 Å². The number of halogens is 1. The molecule has 1 aliphatic rings. The molecule has 1 fully saturated rings. The van der Waals surface area contributed by atoms with Crippen molar-refractivity contribution in [2.24, 2.45) is 0 Å². The minimum Gasteiger partial charge on any atom is -0.506 e. The first-order valence-electron chi connectivity index (χ1n) is 7.66. The van der Waals surface area contributed by atoms with Gasteiger partial charge in [0.1, 0.15) is 5.75 Å². The Morgan fingerprint density at radius 3 is 2.75 bits per heavy atom. The summed E-state index contributed by atoms with van der Waals surface area (Å²) in [5.74, 6) is -0.0651. The number of hydrogen-bond donors (Lipinski definition) is 1. The molecule has 2 aromatic rings. The summed E-state index contributed by atoms with van der Waals surface area (Å²) in [5.41, 5.74) is 2.00. The van der Waals surface area contributed by atoms with Crippen molar-refractivity contribution in [3.8, 4) is 5.75 Å². The van der Waals surface area contributed by atoms with E-state index in [-0.39, 0.29) is 22.5 Å². The van der Waals surface area contributed by atoms with Gasteiger partial charge in [-0.1, -0.05) is 35.9 Å². The molecule has 1 aliphatic heterocycles. The maximum Gasteiger partial charge on any atom is 0.227 e. The average Bonchev–Trinajstić information content (AvgIpc) is 3.02. The number of rotatable bonds is 4. The lowest BCUT2D eigenvalue weighted by molar-refractivity contribution is -0.117. The Labute approximate surface area is 145 Å². The van der Waals surface area contributed by atoms with Crippen LogP contribution in [0.15, 0.2) is 48.5 Å². The standard InChI is InChI=1S/C19H16ClNO3/c20-16-11-13(7-9-18(16)23)6-8-17(22)14-3-1-4-15(12-14)21-10-2-5-19(21)24/h1,3-4,6-9,11-12,23H,2,5,10H2. The molecule has 0 saturated carbocycles. The lowest BCUT2D eigenvalue weighted by Crippen LogP contribution is -2.23. The van der Waals surface area contributed by atoms with E-state index in [1.54, 1.807) is 41.3 Å². The van der Waals surface area contributed by atoms with Gasteiger partial charge >= 0.3 is 0 Å². The first kappa shape index (κ1) is 16.3. The molecule has 0 atom stereocenters. The van der Waals surface area contributed by atoms with Gasteiger partial charge in [-0.25, -0.2) is 0 Å². The molecule has 2 aromatic carbocycles. The van der Waals surface area contributed by atoms with Crippen molar-refractivity contribution in [3.63, 3.8) is 0 Å². The molecular formula is C19H16ClNO3. The Balaban J connectivity index is 1.78. The zero-order valence-corrected chi connectivity index (χ0v) is 13.7. The Hall–Kier alpha value is -2.59. The van der Waals surface area contributed by atoms with Crippen LogP contribution in [-0.4, -0.2) is 23.3 Å². The monoisotopic (exact) mass is 341 g/mol. The van der Waals surface area contributed by atoms with Crippen LogP contribution < -0.4 is 4.90 Å². The predicted molar refractivity (Wildman–Crippen MR) is 94.5 cm³/mol. The minimum atomic E-state index is -0.160. The fourth-order valence-electron chi connectivity index (χ4n) is 2.64. The largest absolute Gasteiger partial charge is 0.506 e. The number of hydrogen-bond acceptors (Lipinski definition) is 3. The number of phenolic OH excluding ortho intramolecular Hbond substituents is 1. The zero-order valence-electron chi connectivity index (χ0n) is 12.9. The number of anilines is 1. The molecule has 0 bridgehead atoms. The average molecular weight is 342 g/mol. The predicted octanol–water partition coefficient (Wildman–Crippen LogP) is 4.07. The SMILES string of the molecule is O=C(C=Cc1ccc(O)c(Cl)c1)c1cccc(N2CCCC2=O)c1. The van der Waals surface area contributed by atoms with Crippen molar-refractivity contribution in [2.45, 2.75) is 12.8 Å². The molecule has 1 heterocycles. The zero-order chi connectivity index (χ0) is 17.1. The van der Waals surface area contributed by atoms with Crippen LogP contribution in [0.5, 0.6) is 5.75 Å². The highest BCUT2D eigenvalue weighted by Crippen LogP contribution is 2.25. The molecule has 1 N–H and O–H groups in total. The molecule has 0 unspecified atom stereocenters. The van der Waals surface area contributed by atoms with Gasteiger partial charge in [-0.05, 0) is 42.3 Å². The highest BCUT2D eigenvalue weighted by Gasteiger charge is 2.22. The van der Waals surface area contributed by atoms with Crippen LogP contribution in [0.25, 0.3) is 6.08 Å². The van der Waals surface area contributed by atoms with Crippen LogP contribution >= 0.6 is 11.6 Å². The van der Waals surface area contributed by atoms with Crippen molar-refractivity contribution in [2.75, 3.05) is 11.4 Å². The van der Waals surface area contributed by atoms with E-state index in [1.165, 1.54) is 12.1 Å². The lowest BCUT2D eigenvalue weighted by atomic mass is 10.1. The van der Waals surface area contributed by atoms with E-state index in [9.17, 15) is 14.7 Å². The third kappa shape index (κ3) is 3.49. The maximum atomic E-state index is 12.3. The van der Waals surface area contributed by atoms with Crippen molar-refractivity contribution < 1.29 is 14.7 Å². The number of carbonyl (C=O) groups excluding carboxylic acids is 2. The van der Waals surface area contributed by atoms with Crippen molar-refractivity contribution in [3.05, 3.63) is 64.7 Å². The van der Waals surface area contributed by atoms with E-state index < -0.39 is 0 Å². The highest BCUT2D eigenvalue weighted by molar-refractivity contribution is 6.32. The Kier molecular flexibility index (Phi) is 4.67. The molecule has 1 amide bonds. The van der Waals surface area contributed by atoms with Crippen LogP contribution in [0.2, 0.25) is 5.02 Å². The van der Waals surface area contributed by atoms with Gasteiger partial charge in [-0.3, -0.25) is 9.59 Å². The van der Waals surface area contributed by atoms with E-state index in [4.69, 9.17) is 11.6 Å². The number of phenols is 1. The van der Waals surface area contributed by atoms with E-state index in [0.29, 0.717) is 18.5 Å². The molecule has 0 spiro atoms. The summed E-state index contributed by atoms with van der Waals surface area (Å²) in [4.78, 5) is 25.9. The van der Waals surface area contributed by atoms with Crippen LogP contribution in [-0.2, 0) is 4.79 Å². The number of nitrogens with zero attached hydrogens (tertiary/aromatic N) is 1. The van der Waals surface area contributed by atoms with Gasteiger partial charge < -0.3 is 10.0 Å². The number of ketones is 1. The summed E-state index contributed by atoms with van der Waals surface area (Å²) < 4.78 is 0. The second-order valence-electron chi connectivity index (χ2n) is 5.61. The Bertz CT molecular complexity index is 829. The second-order valence-corrected chi connectivity index (χ2v) is 6.01. The summed E-state index contributed by atoms with van der Waals surface area (Å²) in [7, 11) is 0. The molecule has 122 valence electrons. The Morgan fingerprint density at radius 1 is 1.21 bits per heavy atom. The third-order valence-electron chi connectivity index (χ3n) is 3.91. The first-order valence-corrected chi connectivity index (χ1v) is 8.04. The van der Waals surface area contributed by atoms with Crippen LogP contribution in [0.3, 0.4) is 0 Å². The molecule has 0 aliphatic carbocycles. The smallest absolute Gasteiger partial charge is 0.227 e. The molecule has 0 radical (unpaired) electrons. The van der Waals surface area contributed by atoms with Crippen molar-refractivity contribution in [1.29, 1.82) is 0 Å². The summed E-state index contributed by atoms with van der Waals surface area (Å²) in [6.07, 6.45) is 4.49. The van der Waals surface area contributed by atoms with Gasteiger partial charge in [0.2, 0.25) is 5.91 Å². The number of aromatic hydroxyl groups is 1. The third-order valence-corrected chi connectivity index (χ3v) is 4.22. The summed E-state index contributed by atoms with van der Waals surface area (Å²) >= 11 is 5.85. The minimum absolute atomic E-state index is 0.00289. The van der Waals surface area contributed by atoms with Gasteiger partial charge in [0.05, 0.1) is 5.02 Å². The van der Waals surface area contributed by atoms with Crippen LogP contribution in [0.4, 0.5) is 5.69 Å². The van der Waals surface area contributed by atoms with Crippen LogP contribution in [0, 0.1) is 0 Å². The maximum absolute atomic E-state index is 12.3. The fourth-order valence-corrected chi connectivity index (χ4v) is 2.83. The topological polar surface area (TPSA) is 57.6 Å². The fraction of sp³-hybridized carbons (Fsp3) is 0.158. The van der Waals surface area contributed by atoms with Gasteiger partial charge in [-0.2, -0.15) is 0 Å². The number of allylic oxidation sites excluding steroid dienone is 1. The van der Waals surface area contributed by atoms with Gasteiger partial charge in [0.15, 0.2) is 5.78 Å². The van der Waals surface area contributed by atoms with Crippen molar-refractivity contribution >= 4 is 35.1 Å². The second kappa shape index (κ2) is 6.89. The summed E-state index contributed by atoms with van der Waals surface area (Å²) in [5, 5.41) is 9.64. The number of benzene rings is 2. The molecule has 24 heavy (non-hydrogen) atoms. The van der Waals surface area contributed by atoms with E-state index in [1.807, 2.05) is 6.07 Å². The van der Waals surface area contributed by atoms with Gasteiger partial charge in [-0.15, -0.1) is 0 Å². The Morgan fingerprint density at radius 2 is 2.04 bits per heavy atom. The number of carbonyl (C=O) groups is 2. The quantitative estimate of drug-likeness (QED) is 0.673. The molecule has 5 heteroatoms. The molecular weight excluding hydrogens is 326 g/mol. The van der Waals surface area contributed by atoms with E-state index >= 15 is 0 Å². The van der Waals surface area contributed by atoms with Gasteiger partial charge in [0.25, 0.3) is 0 Å². The lowest BCUT2D eigenvalue weighted by Gasteiger charge is -2.16. The first-order chi connectivity index (χ1) is 11.5. The summed E-state index contributed by atoms with van der Waals surface area (Å²) in [6, 6.07) is 11.8. The molecule has 1 saturated heterocycles.